The van der Waals surface area contributed by atoms with Crippen LogP contribution in [0.4, 0.5) is 5.69 Å². The maximum atomic E-state index is 10.8. The van der Waals surface area contributed by atoms with Crippen LogP contribution in [0.1, 0.15) is 29.8 Å². The summed E-state index contributed by atoms with van der Waals surface area (Å²) in [4.78, 5) is 14.5. The molecule has 1 heterocycles. The number of ether oxygens (including phenoxy) is 1. The van der Waals surface area contributed by atoms with E-state index in [-0.39, 0.29) is 12.3 Å². The molecule has 2 aromatic rings. The molecule has 0 bridgehead atoms. The van der Waals surface area contributed by atoms with Gasteiger partial charge in [0.15, 0.2) is 0 Å². The van der Waals surface area contributed by atoms with Gasteiger partial charge in [-0.05, 0) is 31.5 Å². The number of aromatic nitrogens is 1. The van der Waals surface area contributed by atoms with Crippen molar-refractivity contribution in [2.45, 2.75) is 26.6 Å². The molecule has 1 atom stereocenters. The molecule has 0 saturated carbocycles. The number of nitro benzene ring substituents is 1. The third-order valence-corrected chi connectivity index (χ3v) is 3.14. The number of nitrogens with zero attached hydrogens (tertiary/aromatic N) is 2. The number of nitro groups is 1. The quantitative estimate of drug-likeness (QED) is 0.675. The highest BCUT2D eigenvalue weighted by atomic mass is 16.6. The summed E-state index contributed by atoms with van der Waals surface area (Å²) in [7, 11) is 0. The van der Waals surface area contributed by atoms with Crippen molar-refractivity contribution in [3.8, 4) is 5.75 Å². The van der Waals surface area contributed by atoms with Crippen LogP contribution >= 0.6 is 0 Å². The number of rotatable bonds is 5. The minimum Gasteiger partial charge on any atom is -0.487 e. The molecule has 0 aliphatic rings. The lowest BCUT2D eigenvalue weighted by molar-refractivity contribution is -0.385. The van der Waals surface area contributed by atoms with Crippen molar-refractivity contribution in [1.29, 1.82) is 0 Å². The number of aryl methyl sites for hydroxylation is 1. The van der Waals surface area contributed by atoms with Crippen LogP contribution in [0.3, 0.4) is 0 Å². The second-order valence-corrected chi connectivity index (χ2v) is 4.71. The first-order chi connectivity index (χ1) is 9.99. The van der Waals surface area contributed by atoms with E-state index in [9.17, 15) is 15.2 Å². The number of hydrogen-bond donors (Lipinski definition) is 1. The zero-order chi connectivity index (χ0) is 15.4. The summed E-state index contributed by atoms with van der Waals surface area (Å²) in [6.45, 7) is 3.71. The van der Waals surface area contributed by atoms with Gasteiger partial charge in [-0.2, -0.15) is 0 Å². The van der Waals surface area contributed by atoms with E-state index in [0.717, 1.165) is 11.3 Å². The molecular weight excluding hydrogens is 272 g/mol. The van der Waals surface area contributed by atoms with E-state index in [1.807, 2.05) is 19.1 Å². The largest absolute Gasteiger partial charge is 0.487 e. The van der Waals surface area contributed by atoms with E-state index >= 15 is 0 Å². The standard InChI is InChI=1S/C15H16N2O4/c1-10-4-3-7-16-14(10)9-21-15-6-5-12(17(19)20)8-13(15)11(2)18/h3-8,11,18H,9H2,1-2H3/t11-/m1/s1. The molecule has 6 heteroatoms. The summed E-state index contributed by atoms with van der Waals surface area (Å²) < 4.78 is 5.65. The molecule has 0 saturated heterocycles. The number of aliphatic hydroxyl groups is 1. The van der Waals surface area contributed by atoms with Crippen molar-refractivity contribution < 1.29 is 14.8 Å². The van der Waals surface area contributed by atoms with Gasteiger partial charge in [0, 0.05) is 23.9 Å². The molecule has 2 rings (SSSR count). The van der Waals surface area contributed by atoms with Crippen molar-refractivity contribution >= 4 is 5.69 Å². The fourth-order valence-corrected chi connectivity index (χ4v) is 1.92. The number of pyridine rings is 1. The Morgan fingerprint density at radius 3 is 2.81 bits per heavy atom. The van der Waals surface area contributed by atoms with Crippen molar-refractivity contribution in [3.05, 3.63) is 63.5 Å². The van der Waals surface area contributed by atoms with E-state index in [4.69, 9.17) is 4.74 Å². The Morgan fingerprint density at radius 2 is 2.19 bits per heavy atom. The molecule has 0 spiro atoms. The summed E-state index contributed by atoms with van der Waals surface area (Å²) in [6, 6.07) is 7.94. The van der Waals surface area contributed by atoms with Crippen LogP contribution in [0, 0.1) is 17.0 Å². The summed E-state index contributed by atoms with van der Waals surface area (Å²) >= 11 is 0. The van der Waals surface area contributed by atoms with Gasteiger partial charge in [-0.25, -0.2) is 0 Å². The van der Waals surface area contributed by atoms with Crippen LogP contribution in [-0.4, -0.2) is 15.0 Å². The first-order valence-electron chi connectivity index (χ1n) is 6.48. The highest BCUT2D eigenvalue weighted by Gasteiger charge is 2.15. The average Bonchev–Trinajstić information content (AvgIpc) is 2.46. The Hall–Kier alpha value is -2.47. The summed E-state index contributed by atoms with van der Waals surface area (Å²) in [5.74, 6) is 0.417. The predicted molar refractivity (Wildman–Crippen MR) is 77.0 cm³/mol. The third kappa shape index (κ3) is 3.55. The van der Waals surface area contributed by atoms with Crippen LogP contribution in [-0.2, 0) is 6.61 Å². The molecule has 0 aliphatic heterocycles. The second kappa shape index (κ2) is 6.32. The Morgan fingerprint density at radius 1 is 1.43 bits per heavy atom. The zero-order valence-electron chi connectivity index (χ0n) is 11.8. The van der Waals surface area contributed by atoms with Crippen molar-refractivity contribution in [1.82, 2.24) is 4.98 Å². The van der Waals surface area contributed by atoms with E-state index in [2.05, 4.69) is 4.98 Å². The van der Waals surface area contributed by atoms with Crippen LogP contribution in [0.25, 0.3) is 0 Å². The van der Waals surface area contributed by atoms with E-state index in [1.165, 1.54) is 25.1 Å². The fourth-order valence-electron chi connectivity index (χ4n) is 1.92. The summed E-state index contributed by atoms with van der Waals surface area (Å²) in [5, 5.41) is 20.5. The molecule has 1 aromatic heterocycles. The smallest absolute Gasteiger partial charge is 0.270 e. The highest BCUT2D eigenvalue weighted by molar-refractivity contribution is 5.44. The van der Waals surface area contributed by atoms with Gasteiger partial charge < -0.3 is 9.84 Å². The first-order valence-corrected chi connectivity index (χ1v) is 6.48. The molecule has 0 radical (unpaired) electrons. The SMILES string of the molecule is Cc1cccnc1COc1ccc([N+](=O)[O-])cc1[C@@H](C)O. The topological polar surface area (TPSA) is 85.5 Å². The molecule has 1 aromatic carbocycles. The second-order valence-electron chi connectivity index (χ2n) is 4.71. The number of benzene rings is 1. The Labute approximate surface area is 122 Å². The van der Waals surface area contributed by atoms with Gasteiger partial charge in [0.1, 0.15) is 12.4 Å². The lowest BCUT2D eigenvalue weighted by atomic mass is 10.1. The molecule has 6 nitrogen and oxygen atoms in total. The molecule has 0 aliphatic carbocycles. The monoisotopic (exact) mass is 288 g/mol. The van der Waals surface area contributed by atoms with E-state index in [0.29, 0.717) is 11.3 Å². The molecule has 110 valence electrons. The average molecular weight is 288 g/mol. The van der Waals surface area contributed by atoms with Gasteiger partial charge in [-0.15, -0.1) is 0 Å². The molecule has 1 N–H and O–H groups in total. The molecular formula is C15H16N2O4. The van der Waals surface area contributed by atoms with Crippen LogP contribution in [0.2, 0.25) is 0 Å². The lowest BCUT2D eigenvalue weighted by Gasteiger charge is -2.13. The number of non-ortho nitro benzene ring substituents is 1. The van der Waals surface area contributed by atoms with Gasteiger partial charge in [0.05, 0.1) is 16.7 Å². The number of aliphatic hydroxyl groups excluding tert-OH is 1. The van der Waals surface area contributed by atoms with Crippen LogP contribution in [0.15, 0.2) is 36.5 Å². The third-order valence-electron chi connectivity index (χ3n) is 3.14. The minimum atomic E-state index is -0.857. The predicted octanol–water partition coefficient (Wildman–Crippen LogP) is 2.93. The lowest BCUT2D eigenvalue weighted by Crippen LogP contribution is -2.04. The van der Waals surface area contributed by atoms with Crippen LogP contribution in [0.5, 0.6) is 5.75 Å². The number of hydrogen-bond acceptors (Lipinski definition) is 5. The van der Waals surface area contributed by atoms with Gasteiger partial charge in [-0.1, -0.05) is 6.07 Å². The first kappa shape index (κ1) is 14.9. The van der Waals surface area contributed by atoms with E-state index < -0.39 is 11.0 Å². The molecule has 21 heavy (non-hydrogen) atoms. The molecule has 0 fully saturated rings. The van der Waals surface area contributed by atoms with Gasteiger partial charge in [0.2, 0.25) is 0 Å². The Balaban J connectivity index is 2.23. The summed E-state index contributed by atoms with van der Waals surface area (Å²) in [5.41, 5.74) is 2.09. The van der Waals surface area contributed by atoms with Crippen LogP contribution < -0.4 is 4.74 Å². The van der Waals surface area contributed by atoms with E-state index in [1.54, 1.807) is 6.20 Å². The van der Waals surface area contributed by atoms with Gasteiger partial charge in [0.25, 0.3) is 5.69 Å². The summed E-state index contributed by atoms with van der Waals surface area (Å²) in [6.07, 6.45) is 0.821. The van der Waals surface area contributed by atoms with Crippen molar-refractivity contribution in [2.24, 2.45) is 0 Å². The maximum Gasteiger partial charge on any atom is 0.270 e. The Kier molecular flexibility index (Phi) is 4.49. The fraction of sp³-hybridized carbons (Fsp3) is 0.267. The normalized spacial score (nSPS) is 12.0. The highest BCUT2D eigenvalue weighted by Crippen LogP contribution is 2.29. The molecule has 0 unspecified atom stereocenters. The van der Waals surface area contributed by atoms with Crippen molar-refractivity contribution in [3.63, 3.8) is 0 Å². The minimum absolute atomic E-state index is 0.0766. The van der Waals surface area contributed by atoms with Crippen molar-refractivity contribution in [2.75, 3.05) is 0 Å². The van der Waals surface area contributed by atoms with Gasteiger partial charge >= 0.3 is 0 Å². The zero-order valence-corrected chi connectivity index (χ0v) is 11.8. The van der Waals surface area contributed by atoms with Gasteiger partial charge in [-0.3, -0.25) is 15.1 Å². The maximum absolute atomic E-state index is 10.8. The molecule has 0 amide bonds. The Bertz CT molecular complexity index is 656.